The smallest absolute Gasteiger partial charge is 0.321 e. The number of aryl methyl sites for hydroxylation is 1. The predicted molar refractivity (Wildman–Crippen MR) is 97.0 cm³/mol. The van der Waals surface area contributed by atoms with Gasteiger partial charge in [-0.3, -0.25) is 10.1 Å². The van der Waals surface area contributed by atoms with E-state index in [9.17, 15) is 19.3 Å². The number of nitro benzene ring substituents is 1. The first kappa shape index (κ1) is 17.7. The van der Waals surface area contributed by atoms with Crippen LogP contribution in [0.3, 0.4) is 0 Å². The van der Waals surface area contributed by atoms with Crippen molar-refractivity contribution in [2.24, 2.45) is 0 Å². The Morgan fingerprint density at radius 3 is 2.50 bits per heavy atom. The molecule has 1 aliphatic rings. The molecule has 0 bridgehead atoms. The van der Waals surface area contributed by atoms with E-state index in [2.05, 4.69) is 5.32 Å². The van der Waals surface area contributed by atoms with Gasteiger partial charge in [0.2, 0.25) is 0 Å². The van der Waals surface area contributed by atoms with Crippen LogP contribution in [-0.4, -0.2) is 42.0 Å². The zero-order valence-corrected chi connectivity index (χ0v) is 14.3. The standard InChI is InChI=1S/C18H19FN4O3/c1-13-6-7-14(12-15(13)19)20-18(24)22-10-8-21(9-11-22)16-4-2-3-5-17(16)23(25)26/h2-7,12H,8-11H2,1H3,(H,20,24). The van der Waals surface area contributed by atoms with Gasteiger partial charge in [-0.25, -0.2) is 9.18 Å². The predicted octanol–water partition coefficient (Wildman–Crippen LogP) is 3.40. The molecule has 8 heteroatoms. The molecule has 0 saturated carbocycles. The van der Waals surface area contributed by atoms with E-state index in [-0.39, 0.29) is 17.5 Å². The van der Waals surface area contributed by atoms with Crippen molar-refractivity contribution < 1.29 is 14.1 Å². The third kappa shape index (κ3) is 3.74. The largest absolute Gasteiger partial charge is 0.362 e. The maximum Gasteiger partial charge on any atom is 0.321 e. The molecule has 0 aliphatic carbocycles. The molecule has 1 fully saturated rings. The van der Waals surface area contributed by atoms with Crippen molar-refractivity contribution in [2.75, 3.05) is 36.4 Å². The van der Waals surface area contributed by atoms with Gasteiger partial charge < -0.3 is 15.1 Å². The molecule has 1 heterocycles. The molecule has 1 N–H and O–H groups in total. The molecule has 0 aromatic heterocycles. The lowest BCUT2D eigenvalue weighted by Gasteiger charge is -2.35. The average Bonchev–Trinajstić information content (AvgIpc) is 2.65. The number of rotatable bonds is 3. The van der Waals surface area contributed by atoms with Crippen molar-refractivity contribution in [3.8, 4) is 0 Å². The van der Waals surface area contributed by atoms with Crippen molar-refractivity contribution in [2.45, 2.75) is 6.92 Å². The fourth-order valence-electron chi connectivity index (χ4n) is 2.91. The molecule has 1 aliphatic heterocycles. The van der Waals surface area contributed by atoms with Crippen LogP contribution in [0.4, 0.5) is 26.2 Å². The van der Waals surface area contributed by atoms with Gasteiger partial charge in [0.25, 0.3) is 5.69 Å². The number of carbonyl (C=O) groups is 1. The van der Waals surface area contributed by atoms with Crippen LogP contribution in [0.25, 0.3) is 0 Å². The lowest BCUT2D eigenvalue weighted by atomic mass is 10.2. The lowest BCUT2D eigenvalue weighted by molar-refractivity contribution is -0.384. The van der Waals surface area contributed by atoms with Crippen LogP contribution in [0.5, 0.6) is 0 Å². The average molecular weight is 358 g/mol. The summed E-state index contributed by atoms with van der Waals surface area (Å²) in [4.78, 5) is 26.6. The number of nitrogens with zero attached hydrogens (tertiary/aromatic N) is 3. The van der Waals surface area contributed by atoms with Gasteiger partial charge in [-0.15, -0.1) is 0 Å². The van der Waals surface area contributed by atoms with Crippen LogP contribution in [0.15, 0.2) is 42.5 Å². The third-order valence-corrected chi connectivity index (χ3v) is 4.41. The van der Waals surface area contributed by atoms with Crippen molar-refractivity contribution >= 4 is 23.1 Å². The topological polar surface area (TPSA) is 78.7 Å². The summed E-state index contributed by atoms with van der Waals surface area (Å²) in [6.45, 7) is 3.47. The molecule has 2 aromatic rings. The fraction of sp³-hybridized carbons (Fsp3) is 0.278. The second kappa shape index (κ2) is 7.38. The van der Waals surface area contributed by atoms with Gasteiger partial charge in [0, 0.05) is 37.9 Å². The first-order valence-corrected chi connectivity index (χ1v) is 8.26. The number of benzene rings is 2. The molecule has 0 unspecified atom stereocenters. The Balaban J connectivity index is 1.62. The summed E-state index contributed by atoms with van der Waals surface area (Å²) in [5, 5.41) is 13.8. The zero-order valence-electron chi connectivity index (χ0n) is 14.3. The van der Waals surface area contributed by atoms with Gasteiger partial charge in [0.05, 0.1) is 4.92 Å². The Morgan fingerprint density at radius 2 is 1.85 bits per heavy atom. The maximum atomic E-state index is 13.6. The number of nitrogens with one attached hydrogen (secondary N) is 1. The molecule has 0 atom stereocenters. The summed E-state index contributed by atoms with van der Waals surface area (Å²) < 4.78 is 13.6. The Bertz CT molecular complexity index is 835. The van der Waals surface area contributed by atoms with E-state index in [1.54, 1.807) is 42.2 Å². The van der Waals surface area contributed by atoms with E-state index in [4.69, 9.17) is 0 Å². The number of hydrogen-bond acceptors (Lipinski definition) is 4. The molecule has 1 saturated heterocycles. The highest BCUT2D eigenvalue weighted by Gasteiger charge is 2.25. The van der Waals surface area contributed by atoms with Gasteiger partial charge in [-0.1, -0.05) is 18.2 Å². The normalized spacial score (nSPS) is 14.2. The van der Waals surface area contributed by atoms with Gasteiger partial charge in [0.1, 0.15) is 11.5 Å². The monoisotopic (exact) mass is 358 g/mol. The molecule has 2 amide bonds. The first-order valence-electron chi connectivity index (χ1n) is 8.26. The second-order valence-electron chi connectivity index (χ2n) is 6.11. The summed E-state index contributed by atoms with van der Waals surface area (Å²) in [5.74, 6) is -0.371. The maximum absolute atomic E-state index is 13.6. The molecule has 26 heavy (non-hydrogen) atoms. The number of anilines is 2. The van der Waals surface area contributed by atoms with E-state index in [1.165, 1.54) is 12.1 Å². The molecule has 0 spiro atoms. The van der Waals surface area contributed by atoms with E-state index < -0.39 is 4.92 Å². The minimum atomic E-state index is -0.402. The summed E-state index contributed by atoms with van der Waals surface area (Å²) in [6, 6.07) is 10.8. The molecule has 3 rings (SSSR count). The van der Waals surface area contributed by atoms with Crippen molar-refractivity contribution in [3.63, 3.8) is 0 Å². The summed E-state index contributed by atoms with van der Waals surface area (Å²) in [7, 11) is 0. The third-order valence-electron chi connectivity index (χ3n) is 4.41. The highest BCUT2D eigenvalue weighted by Crippen LogP contribution is 2.28. The Morgan fingerprint density at radius 1 is 1.15 bits per heavy atom. The number of para-hydroxylation sites is 2. The van der Waals surface area contributed by atoms with Crippen LogP contribution in [0.1, 0.15) is 5.56 Å². The van der Waals surface area contributed by atoms with Crippen molar-refractivity contribution in [1.82, 2.24) is 4.90 Å². The van der Waals surface area contributed by atoms with Gasteiger partial charge in [-0.2, -0.15) is 0 Å². The van der Waals surface area contributed by atoms with Gasteiger partial charge >= 0.3 is 6.03 Å². The number of carbonyl (C=O) groups excluding carboxylic acids is 1. The fourth-order valence-corrected chi connectivity index (χ4v) is 2.91. The van der Waals surface area contributed by atoms with Crippen LogP contribution in [-0.2, 0) is 0 Å². The van der Waals surface area contributed by atoms with Gasteiger partial charge in [0.15, 0.2) is 0 Å². The number of nitro groups is 1. The van der Waals surface area contributed by atoms with E-state index >= 15 is 0 Å². The summed E-state index contributed by atoms with van der Waals surface area (Å²) in [5.41, 5.74) is 1.53. The van der Waals surface area contributed by atoms with E-state index in [0.717, 1.165) is 0 Å². The highest BCUT2D eigenvalue weighted by atomic mass is 19.1. The quantitative estimate of drug-likeness (QED) is 0.674. The van der Waals surface area contributed by atoms with Crippen LogP contribution < -0.4 is 10.2 Å². The molecular formula is C18H19FN4O3. The number of hydrogen-bond donors (Lipinski definition) is 1. The number of halogens is 1. The number of amides is 2. The Hall–Kier alpha value is -3.16. The van der Waals surface area contributed by atoms with Crippen LogP contribution >= 0.6 is 0 Å². The molecular weight excluding hydrogens is 339 g/mol. The number of urea groups is 1. The molecule has 136 valence electrons. The highest BCUT2D eigenvalue weighted by molar-refractivity contribution is 5.89. The molecule has 7 nitrogen and oxygen atoms in total. The minimum Gasteiger partial charge on any atom is -0.362 e. The van der Waals surface area contributed by atoms with E-state index in [0.29, 0.717) is 43.1 Å². The summed E-state index contributed by atoms with van der Waals surface area (Å²) in [6.07, 6.45) is 0. The van der Waals surface area contributed by atoms with Crippen LogP contribution in [0.2, 0.25) is 0 Å². The minimum absolute atomic E-state index is 0.0560. The van der Waals surface area contributed by atoms with Crippen molar-refractivity contribution in [3.05, 3.63) is 64.0 Å². The van der Waals surface area contributed by atoms with E-state index in [1.807, 2.05) is 4.90 Å². The SMILES string of the molecule is Cc1ccc(NC(=O)N2CCN(c3ccccc3[N+](=O)[O-])CC2)cc1F. The Labute approximate surface area is 150 Å². The zero-order chi connectivity index (χ0) is 18.7. The Kier molecular flexibility index (Phi) is 5.01. The first-order chi connectivity index (χ1) is 12.5. The van der Waals surface area contributed by atoms with Gasteiger partial charge in [-0.05, 0) is 30.7 Å². The molecule has 0 radical (unpaired) electrons. The molecule has 2 aromatic carbocycles. The van der Waals surface area contributed by atoms with Crippen molar-refractivity contribution in [1.29, 1.82) is 0 Å². The second-order valence-corrected chi connectivity index (χ2v) is 6.11. The lowest BCUT2D eigenvalue weighted by Crippen LogP contribution is -2.50. The summed E-state index contributed by atoms with van der Waals surface area (Å²) >= 11 is 0. The number of piperazine rings is 1. The van der Waals surface area contributed by atoms with Crippen LogP contribution in [0, 0.1) is 22.9 Å².